The maximum atomic E-state index is 12.1. The molecule has 19 heavy (non-hydrogen) atoms. The van der Waals surface area contributed by atoms with Crippen LogP contribution in [-0.4, -0.2) is 46.3 Å². The Morgan fingerprint density at radius 3 is 2.74 bits per heavy atom. The number of aryl methyl sites for hydroxylation is 1. The maximum absolute atomic E-state index is 12.1. The van der Waals surface area contributed by atoms with Gasteiger partial charge in [-0.1, -0.05) is 6.42 Å². The van der Waals surface area contributed by atoms with E-state index in [-0.39, 0.29) is 11.9 Å². The number of amides is 1. The SMILES string of the molecule is CC(CN1CCCCC1)NC(=O)c1cnn(C)c1N. The monoisotopic (exact) mass is 265 g/mol. The van der Waals surface area contributed by atoms with Crippen molar-refractivity contribution in [2.45, 2.75) is 32.2 Å². The number of anilines is 1. The Morgan fingerprint density at radius 2 is 2.16 bits per heavy atom. The van der Waals surface area contributed by atoms with Crippen molar-refractivity contribution in [1.82, 2.24) is 20.0 Å². The van der Waals surface area contributed by atoms with Crippen LogP contribution in [-0.2, 0) is 7.05 Å². The highest BCUT2D eigenvalue weighted by Gasteiger charge is 2.18. The molecular formula is C13H23N5O. The van der Waals surface area contributed by atoms with E-state index in [9.17, 15) is 4.79 Å². The van der Waals surface area contributed by atoms with Crippen molar-refractivity contribution in [3.05, 3.63) is 11.8 Å². The summed E-state index contributed by atoms with van der Waals surface area (Å²) in [6, 6.07) is 0.116. The number of hydrogen-bond donors (Lipinski definition) is 2. The molecule has 1 saturated heterocycles. The van der Waals surface area contributed by atoms with Gasteiger partial charge in [0.1, 0.15) is 11.4 Å². The lowest BCUT2D eigenvalue weighted by molar-refractivity contribution is 0.0926. The first kappa shape index (κ1) is 13.9. The fourth-order valence-corrected chi connectivity index (χ4v) is 2.50. The number of likely N-dealkylation sites (tertiary alicyclic amines) is 1. The summed E-state index contributed by atoms with van der Waals surface area (Å²) in [7, 11) is 1.73. The zero-order chi connectivity index (χ0) is 13.8. The lowest BCUT2D eigenvalue weighted by atomic mass is 10.1. The molecule has 3 N–H and O–H groups in total. The fourth-order valence-electron chi connectivity index (χ4n) is 2.50. The molecule has 1 amide bonds. The molecule has 0 aromatic carbocycles. The second-order valence-corrected chi connectivity index (χ2v) is 5.30. The molecule has 1 aliphatic rings. The first-order valence-electron chi connectivity index (χ1n) is 6.88. The molecule has 1 aliphatic heterocycles. The number of aromatic nitrogens is 2. The van der Waals surface area contributed by atoms with Gasteiger partial charge in [-0.05, 0) is 32.9 Å². The minimum absolute atomic E-state index is 0.116. The van der Waals surface area contributed by atoms with Crippen molar-refractivity contribution in [1.29, 1.82) is 0 Å². The molecule has 1 atom stereocenters. The summed E-state index contributed by atoms with van der Waals surface area (Å²) in [6.07, 6.45) is 5.36. The number of nitrogens with one attached hydrogen (secondary N) is 1. The van der Waals surface area contributed by atoms with E-state index in [0.29, 0.717) is 11.4 Å². The van der Waals surface area contributed by atoms with E-state index in [1.54, 1.807) is 7.05 Å². The van der Waals surface area contributed by atoms with Gasteiger partial charge in [-0.3, -0.25) is 9.48 Å². The molecule has 0 spiro atoms. The molecule has 0 aliphatic carbocycles. The minimum atomic E-state index is -0.143. The highest BCUT2D eigenvalue weighted by atomic mass is 16.1. The van der Waals surface area contributed by atoms with Crippen molar-refractivity contribution in [2.24, 2.45) is 7.05 Å². The van der Waals surface area contributed by atoms with Gasteiger partial charge in [0.2, 0.25) is 0 Å². The predicted octanol–water partition coefficient (Wildman–Crippen LogP) is 0.607. The predicted molar refractivity (Wildman–Crippen MR) is 74.8 cm³/mol. The number of hydrogen-bond acceptors (Lipinski definition) is 4. The third-order valence-corrected chi connectivity index (χ3v) is 3.59. The Morgan fingerprint density at radius 1 is 1.47 bits per heavy atom. The van der Waals surface area contributed by atoms with Crippen molar-refractivity contribution < 1.29 is 4.79 Å². The molecule has 6 heteroatoms. The minimum Gasteiger partial charge on any atom is -0.383 e. The van der Waals surface area contributed by atoms with Gasteiger partial charge in [0.25, 0.3) is 5.91 Å². The van der Waals surface area contributed by atoms with E-state index in [1.807, 2.05) is 6.92 Å². The lowest BCUT2D eigenvalue weighted by Crippen LogP contribution is -2.43. The van der Waals surface area contributed by atoms with Crippen LogP contribution in [0, 0.1) is 0 Å². The summed E-state index contributed by atoms with van der Waals surface area (Å²) in [6.45, 7) is 5.19. The van der Waals surface area contributed by atoms with Gasteiger partial charge in [0.05, 0.1) is 6.20 Å². The smallest absolute Gasteiger partial charge is 0.256 e. The molecule has 1 unspecified atom stereocenters. The molecule has 1 fully saturated rings. The number of piperidine rings is 1. The van der Waals surface area contributed by atoms with Crippen LogP contribution in [0.5, 0.6) is 0 Å². The van der Waals surface area contributed by atoms with Gasteiger partial charge < -0.3 is 16.0 Å². The molecule has 106 valence electrons. The lowest BCUT2D eigenvalue weighted by Gasteiger charge is -2.29. The van der Waals surface area contributed by atoms with Crippen LogP contribution < -0.4 is 11.1 Å². The summed E-state index contributed by atoms with van der Waals surface area (Å²) in [5.41, 5.74) is 6.24. The van der Waals surface area contributed by atoms with E-state index in [4.69, 9.17) is 5.73 Å². The Balaban J connectivity index is 1.86. The standard InChI is InChI=1S/C13H23N5O/c1-10(9-18-6-4-3-5-7-18)16-13(19)11-8-15-17(2)12(11)14/h8,10H,3-7,9,14H2,1-2H3,(H,16,19). The number of nitrogens with two attached hydrogens (primary N) is 1. The average Bonchev–Trinajstić information content (AvgIpc) is 2.71. The highest BCUT2D eigenvalue weighted by Crippen LogP contribution is 2.11. The molecule has 6 nitrogen and oxygen atoms in total. The van der Waals surface area contributed by atoms with Crippen molar-refractivity contribution in [3.63, 3.8) is 0 Å². The molecule has 2 rings (SSSR count). The van der Waals surface area contributed by atoms with Gasteiger partial charge in [0.15, 0.2) is 0 Å². The van der Waals surface area contributed by atoms with E-state index >= 15 is 0 Å². The van der Waals surface area contributed by atoms with Crippen LogP contribution in [0.2, 0.25) is 0 Å². The first-order valence-corrected chi connectivity index (χ1v) is 6.88. The molecule has 0 radical (unpaired) electrons. The second-order valence-electron chi connectivity index (χ2n) is 5.30. The van der Waals surface area contributed by atoms with Crippen LogP contribution in [0.25, 0.3) is 0 Å². The number of carbonyl (C=O) groups excluding carboxylic acids is 1. The molecule has 0 bridgehead atoms. The van der Waals surface area contributed by atoms with Gasteiger partial charge in [0, 0.05) is 19.6 Å². The highest BCUT2D eigenvalue weighted by molar-refractivity contribution is 5.98. The van der Waals surface area contributed by atoms with E-state index < -0.39 is 0 Å². The zero-order valence-electron chi connectivity index (χ0n) is 11.7. The van der Waals surface area contributed by atoms with Gasteiger partial charge in [-0.2, -0.15) is 5.10 Å². The molecule has 2 heterocycles. The molecule has 0 saturated carbocycles. The average molecular weight is 265 g/mol. The van der Waals surface area contributed by atoms with Crippen LogP contribution in [0.4, 0.5) is 5.82 Å². The third-order valence-electron chi connectivity index (χ3n) is 3.59. The number of carbonyl (C=O) groups is 1. The quantitative estimate of drug-likeness (QED) is 0.836. The van der Waals surface area contributed by atoms with Crippen molar-refractivity contribution in [3.8, 4) is 0 Å². The Hall–Kier alpha value is -1.56. The van der Waals surface area contributed by atoms with E-state index in [2.05, 4.69) is 15.3 Å². The molecular weight excluding hydrogens is 242 g/mol. The summed E-state index contributed by atoms with van der Waals surface area (Å²) >= 11 is 0. The zero-order valence-corrected chi connectivity index (χ0v) is 11.7. The Kier molecular flexibility index (Phi) is 4.42. The molecule has 1 aromatic heterocycles. The number of rotatable bonds is 4. The summed E-state index contributed by atoms with van der Waals surface area (Å²) < 4.78 is 1.50. The van der Waals surface area contributed by atoms with Gasteiger partial charge in [-0.25, -0.2) is 0 Å². The maximum Gasteiger partial charge on any atom is 0.256 e. The normalized spacial score (nSPS) is 18.2. The van der Waals surface area contributed by atoms with Crippen molar-refractivity contribution >= 4 is 11.7 Å². The summed E-state index contributed by atoms with van der Waals surface area (Å²) in [5, 5.41) is 6.96. The third kappa shape index (κ3) is 3.47. The van der Waals surface area contributed by atoms with Crippen LogP contribution >= 0.6 is 0 Å². The van der Waals surface area contributed by atoms with Crippen LogP contribution in [0.1, 0.15) is 36.5 Å². The fraction of sp³-hybridized carbons (Fsp3) is 0.692. The van der Waals surface area contributed by atoms with Gasteiger partial charge >= 0.3 is 0 Å². The van der Waals surface area contributed by atoms with Gasteiger partial charge in [-0.15, -0.1) is 0 Å². The van der Waals surface area contributed by atoms with Crippen molar-refractivity contribution in [2.75, 3.05) is 25.4 Å². The van der Waals surface area contributed by atoms with E-state index in [1.165, 1.54) is 30.1 Å². The number of nitrogen functional groups attached to an aromatic ring is 1. The second kappa shape index (κ2) is 6.06. The molecule has 1 aromatic rings. The van der Waals surface area contributed by atoms with Crippen LogP contribution in [0.3, 0.4) is 0 Å². The Bertz CT molecular complexity index is 436. The summed E-state index contributed by atoms with van der Waals surface area (Å²) in [4.78, 5) is 14.5. The van der Waals surface area contributed by atoms with Crippen LogP contribution in [0.15, 0.2) is 6.20 Å². The summed E-state index contributed by atoms with van der Waals surface area (Å²) in [5.74, 6) is 0.262. The number of nitrogens with zero attached hydrogens (tertiary/aromatic N) is 3. The first-order chi connectivity index (χ1) is 9.08. The topological polar surface area (TPSA) is 76.2 Å². The largest absolute Gasteiger partial charge is 0.383 e. The Labute approximate surface area is 113 Å². The van der Waals surface area contributed by atoms with E-state index in [0.717, 1.165) is 19.6 Å².